The van der Waals surface area contributed by atoms with Gasteiger partial charge < -0.3 is 4.52 Å². The van der Waals surface area contributed by atoms with Crippen LogP contribution < -0.4 is 5.32 Å². The van der Waals surface area contributed by atoms with Gasteiger partial charge in [-0.25, -0.2) is 9.97 Å². The summed E-state index contributed by atoms with van der Waals surface area (Å²) in [4.78, 5) is 21.5. The number of rotatable bonds is 4. The molecular weight excluding hydrogens is 405 g/mol. The van der Waals surface area contributed by atoms with Crippen LogP contribution in [0, 0.1) is 6.92 Å². The molecular formula is C19H13F3N4O2S. The third-order valence-corrected chi connectivity index (χ3v) is 5.12. The molecule has 1 aromatic carbocycles. The van der Waals surface area contributed by atoms with E-state index in [2.05, 4.69) is 20.4 Å². The van der Waals surface area contributed by atoms with Crippen molar-refractivity contribution in [2.75, 3.05) is 5.32 Å². The van der Waals surface area contributed by atoms with Crippen molar-refractivity contribution in [1.29, 1.82) is 0 Å². The van der Waals surface area contributed by atoms with Crippen LogP contribution in [0.25, 0.3) is 11.1 Å². The van der Waals surface area contributed by atoms with Crippen molar-refractivity contribution >= 4 is 33.5 Å². The summed E-state index contributed by atoms with van der Waals surface area (Å²) in [7, 11) is 0. The minimum Gasteiger partial charge on any atom is -0.336 e. The Hall–Kier alpha value is -3.27. The molecule has 4 aromatic rings. The molecule has 3 heterocycles. The lowest BCUT2D eigenvalue weighted by molar-refractivity contribution is -0.137. The number of pyridine rings is 1. The lowest BCUT2D eigenvalue weighted by Crippen LogP contribution is -2.11. The third kappa shape index (κ3) is 4.11. The summed E-state index contributed by atoms with van der Waals surface area (Å²) < 4.78 is 42.9. The predicted octanol–water partition coefficient (Wildman–Crippen LogP) is 4.85. The maximum Gasteiger partial charge on any atom is 0.416 e. The van der Waals surface area contributed by atoms with E-state index in [4.69, 9.17) is 4.52 Å². The molecule has 1 N–H and O–H groups in total. The number of anilines is 1. The molecule has 3 aromatic heterocycles. The predicted molar refractivity (Wildman–Crippen MR) is 101 cm³/mol. The van der Waals surface area contributed by atoms with Crippen molar-refractivity contribution < 1.29 is 22.5 Å². The highest BCUT2D eigenvalue weighted by Gasteiger charge is 2.29. The van der Waals surface area contributed by atoms with Crippen LogP contribution in [-0.2, 0) is 12.6 Å². The Morgan fingerprint density at radius 1 is 1.17 bits per heavy atom. The first-order valence-electron chi connectivity index (χ1n) is 8.44. The Bertz CT molecular complexity index is 1180. The minimum atomic E-state index is -4.36. The first kappa shape index (κ1) is 19.1. The minimum absolute atomic E-state index is 0.336. The van der Waals surface area contributed by atoms with Gasteiger partial charge in [0, 0.05) is 23.7 Å². The number of fused-ring (bicyclic) bond motifs is 1. The Morgan fingerprint density at radius 3 is 2.66 bits per heavy atom. The molecule has 0 fully saturated rings. The van der Waals surface area contributed by atoms with Crippen molar-refractivity contribution in [3.05, 3.63) is 70.0 Å². The summed E-state index contributed by atoms with van der Waals surface area (Å²) in [6, 6.07) is 6.61. The molecule has 0 unspecified atom stereocenters. The van der Waals surface area contributed by atoms with Gasteiger partial charge in [0.25, 0.3) is 11.6 Å². The van der Waals surface area contributed by atoms with Gasteiger partial charge in [0.15, 0.2) is 5.13 Å². The standard InChI is InChI=1S/C19H13F3N4O2S/c1-10-15-7-12(8-23-17(15)28-26-10)16(27)25-18-24-9-14(29-18)6-11-2-4-13(5-3-11)19(20,21)22/h2-5,7-9H,6H2,1H3,(H,24,25,27). The second-order valence-electron chi connectivity index (χ2n) is 6.30. The molecule has 0 aliphatic carbocycles. The van der Waals surface area contributed by atoms with E-state index < -0.39 is 11.7 Å². The van der Waals surface area contributed by atoms with Crippen LogP contribution in [0.2, 0.25) is 0 Å². The van der Waals surface area contributed by atoms with Crippen molar-refractivity contribution in [3.63, 3.8) is 0 Å². The van der Waals surface area contributed by atoms with Gasteiger partial charge in [-0.05, 0) is 30.7 Å². The highest BCUT2D eigenvalue weighted by Crippen LogP contribution is 2.30. The molecule has 6 nitrogen and oxygen atoms in total. The molecule has 29 heavy (non-hydrogen) atoms. The summed E-state index contributed by atoms with van der Waals surface area (Å²) in [5.41, 5.74) is 1.36. The molecule has 0 saturated heterocycles. The molecule has 0 saturated carbocycles. The average Bonchev–Trinajstić information content (AvgIpc) is 3.27. The quantitative estimate of drug-likeness (QED) is 0.512. The number of hydrogen-bond acceptors (Lipinski definition) is 6. The number of amides is 1. The maximum atomic E-state index is 12.6. The number of aromatic nitrogens is 3. The largest absolute Gasteiger partial charge is 0.416 e. The summed E-state index contributed by atoms with van der Waals surface area (Å²) in [6.07, 6.45) is -0.967. The topological polar surface area (TPSA) is 80.9 Å². The van der Waals surface area contributed by atoms with Gasteiger partial charge in [-0.3, -0.25) is 10.1 Å². The van der Waals surface area contributed by atoms with E-state index in [1.165, 1.54) is 29.7 Å². The summed E-state index contributed by atoms with van der Waals surface area (Å²) >= 11 is 1.25. The number of nitrogens with zero attached hydrogens (tertiary/aromatic N) is 3. The Kier molecular flexibility index (Phi) is 4.79. The van der Waals surface area contributed by atoms with Crippen molar-refractivity contribution in [3.8, 4) is 0 Å². The Labute approximate surface area is 166 Å². The number of nitrogens with one attached hydrogen (secondary N) is 1. The lowest BCUT2D eigenvalue weighted by atomic mass is 10.1. The van der Waals surface area contributed by atoms with Gasteiger partial charge in [-0.1, -0.05) is 17.3 Å². The van der Waals surface area contributed by atoms with Crippen LogP contribution in [0.3, 0.4) is 0 Å². The number of hydrogen-bond donors (Lipinski definition) is 1. The zero-order chi connectivity index (χ0) is 20.6. The van der Waals surface area contributed by atoms with Crippen LogP contribution in [0.4, 0.5) is 18.3 Å². The first-order chi connectivity index (χ1) is 13.8. The van der Waals surface area contributed by atoms with Gasteiger partial charge in [0.2, 0.25) is 0 Å². The molecule has 0 atom stereocenters. The second kappa shape index (κ2) is 7.28. The normalized spacial score (nSPS) is 11.7. The fraction of sp³-hybridized carbons (Fsp3) is 0.158. The molecule has 1 amide bonds. The average molecular weight is 418 g/mol. The maximum absolute atomic E-state index is 12.6. The van der Waals surface area contributed by atoms with Crippen molar-refractivity contribution in [1.82, 2.24) is 15.1 Å². The van der Waals surface area contributed by atoms with E-state index >= 15 is 0 Å². The molecule has 0 radical (unpaired) electrons. The number of benzene rings is 1. The Balaban J connectivity index is 1.44. The monoisotopic (exact) mass is 418 g/mol. The van der Waals surface area contributed by atoms with E-state index in [1.807, 2.05) is 0 Å². The van der Waals surface area contributed by atoms with E-state index in [-0.39, 0.29) is 5.91 Å². The van der Waals surface area contributed by atoms with Crippen LogP contribution in [0.5, 0.6) is 0 Å². The summed E-state index contributed by atoms with van der Waals surface area (Å²) in [5.74, 6) is -0.379. The van der Waals surface area contributed by atoms with Gasteiger partial charge in [-0.15, -0.1) is 11.3 Å². The van der Waals surface area contributed by atoms with Gasteiger partial charge in [0.05, 0.1) is 22.2 Å². The molecule has 0 aliphatic heterocycles. The van der Waals surface area contributed by atoms with Gasteiger partial charge in [-0.2, -0.15) is 13.2 Å². The summed E-state index contributed by atoms with van der Waals surface area (Å²) in [6.45, 7) is 1.75. The highest BCUT2D eigenvalue weighted by molar-refractivity contribution is 7.15. The number of halogens is 3. The fourth-order valence-corrected chi connectivity index (χ4v) is 3.54. The van der Waals surface area contributed by atoms with Gasteiger partial charge >= 0.3 is 6.18 Å². The molecule has 4 rings (SSSR count). The number of carbonyl (C=O) groups excluding carboxylic acids is 1. The Morgan fingerprint density at radius 2 is 1.93 bits per heavy atom. The molecule has 0 bridgehead atoms. The molecule has 0 spiro atoms. The second-order valence-corrected chi connectivity index (χ2v) is 7.42. The number of aryl methyl sites for hydroxylation is 1. The van der Waals surface area contributed by atoms with E-state index in [0.29, 0.717) is 33.9 Å². The third-order valence-electron chi connectivity index (χ3n) is 4.21. The lowest BCUT2D eigenvalue weighted by Gasteiger charge is -2.06. The molecule has 0 aliphatic rings. The number of carbonyl (C=O) groups is 1. The number of thiazole rings is 1. The summed E-state index contributed by atoms with van der Waals surface area (Å²) in [5, 5.41) is 7.54. The smallest absolute Gasteiger partial charge is 0.336 e. The van der Waals surface area contributed by atoms with E-state index in [1.54, 1.807) is 19.2 Å². The van der Waals surface area contributed by atoms with Crippen LogP contribution in [0.15, 0.2) is 47.2 Å². The first-order valence-corrected chi connectivity index (χ1v) is 9.25. The molecule has 10 heteroatoms. The van der Waals surface area contributed by atoms with Crippen LogP contribution in [-0.4, -0.2) is 21.0 Å². The number of alkyl halides is 3. The fourth-order valence-electron chi connectivity index (χ4n) is 2.70. The van der Waals surface area contributed by atoms with E-state index in [9.17, 15) is 18.0 Å². The van der Waals surface area contributed by atoms with E-state index in [0.717, 1.165) is 22.6 Å². The SMILES string of the molecule is Cc1noc2ncc(C(=O)Nc3ncc(Cc4ccc(C(F)(F)F)cc4)s3)cc12. The van der Waals surface area contributed by atoms with Crippen molar-refractivity contribution in [2.45, 2.75) is 19.5 Å². The zero-order valence-electron chi connectivity index (χ0n) is 14.9. The van der Waals surface area contributed by atoms with Crippen molar-refractivity contribution in [2.24, 2.45) is 0 Å². The molecule has 148 valence electrons. The zero-order valence-corrected chi connectivity index (χ0v) is 15.8. The van der Waals surface area contributed by atoms with Crippen LogP contribution in [0.1, 0.15) is 32.1 Å². The van der Waals surface area contributed by atoms with Crippen LogP contribution >= 0.6 is 11.3 Å². The highest BCUT2D eigenvalue weighted by atomic mass is 32.1. The van der Waals surface area contributed by atoms with Gasteiger partial charge in [0.1, 0.15) is 0 Å².